The fraction of sp³-hybridized carbons (Fsp3) is 0.533. The van der Waals surface area contributed by atoms with Crippen molar-refractivity contribution in [1.82, 2.24) is 4.90 Å². The van der Waals surface area contributed by atoms with Crippen LogP contribution in [0.1, 0.15) is 25.5 Å². The highest BCUT2D eigenvalue weighted by Gasteiger charge is 2.49. The van der Waals surface area contributed by atoms with Gasteiger partial charge in [0.25, 0.3) is 0 Å². The van der Waals surface area contributed by atoms with Crippen molar-refractivity contribution in [2.45, 2.75) is 25.5 Å². The van der Waals surface area contributed by atoms with E-state index in [1.165, 1.54) is 0 Å². The molecular formula is C15H20N2O. The summed E-state index contributed by atoms with van der Waals surface area (Å²) in [6.07, 6.45) is 0. The molecule has 3 heteroatoms. The van der Waals surface area contributed by atoms with Crippen LogP contribution in [0.25, 0.3) is 0 Å². The fourth-order valence-electron chi connectivity index (χ4n) is 3.16. The van der Waals surface area contributed by atoms with Crippen molar-refractivity contribution in [2.75, 3.05) is 13.6 Å². The quantitative estimate of drug-likeness (QED) is 0.770. The van der Waals surface area contributed by atoms with E-state index in [0.29, 0.717) is 0 Å². The summed E-state index contributed by atoms with van der Waals surface area (Å²) in [6, 6.07) is 12.3. The monoisotopic (exact) mass is 244 g/mol. The van der Waals surface area contributed by atoms with Crippen molar-refractivity contribution >= 4 is 0 Å². The molecule has 1 heterocycles. The Morgan fingerprint density at radius 3 is 2.50 bits per heavy atom. The van der Waals surface area contributed by atoms with Gasteiger partial charge in [-0.05, 0) is 12.6 Å². The van der Waals surface area contributed by atoms with Crippen LogP contribution in [0.2, 0.25) is 0 Å². The number of benzene rings is 1. The molecule has 0 spiro atoms. The molecule has 1 aromatic rings. The summed E-state index contributed by atoms with van der Waals surface area (Å²) in [4.78, 5) is 2.23. The molecule has 0 unspecified atom stereocenters. The molecule has 0 saturated carbocycles. The van der Waals surface area contributed by atoms with E-state index in [9.17, 15) is 10.4 Å². The van der Waals surface area contributed by atoms with Crippen LogP contribution < -0.4 is 0 Å². The molecule has 0 aromatic heterocycles. The van der Waals surface area contributed by atoms with Gasteiger partial charge in [-0.3, -0.25) is 4.90 Å². The summed E-state index contributed by atoms with van der Waals surface area (Å²) in [5.74, 6) is -0.152. The van der Waals surface area contributed by atoms with Crippen LogP contribution in [0.15, 0.2) is 30.3 Å². The molecule has 1 aromatic carbocycles. The van der Waals surface area contributed by atoms with Crippen molar-refractivity contribution in [1.29, 1.82) is 5.26 Å². The fourth-order valence-corrected chi connectivity index (χ4v) is 3.16. The molecule has 0 radical (unpaired) electrons. The Hall–Kier alpha value is -1.37. The third-order valence-corrected chi connectivity index (χ3v) is 4.28. The zero-order chi connectivity index (χ0) is 13.3. The highest BCUT2D eigenvalue weighted by atomic mass is 16.3. The number of aliphatic hydroxyl groups is 1. The second-order valence-corrected chi connectivity index (χ2v) is 5.42. The van der Waals surface area contributed by atoms with Gasteiger partial charge < -0.3 is 5.11 Å². The molecule has 96 valence electrons. The first kappa shape index (κ1) is 13.1. The van der Waals surface area contributed by atoms with Crippen molar-refractivity contribution in [2.24, 2.45) is 11.8 Å². The van der Waals surface area contributed by atoms with Crippen molar-refractivity contribution in [3.63, 3.8) is 0 Å². The standard InChI is InChI=1S/C15H20N2O/c1-11-9-17(3)14(12(2)15(11,18)10-16)13-7-5-4-6-8-13/h4-8,11-12,14,18H,9H2,1-3H3/t11-,12-,14+,15-/m1/s1. The maximum Gasteiger partial charge on any atom is 0.159 e. The van der Waals surface area contributed by atoms with E-state index in [2.05, 4.69) is 30.1 Å². The van der Waals surface area contributed by atoms with Crippen molar-refractivity contribution < 1.29 is 5.11 Å². The maximum atomic E-state index is 10.6. The van der Waals surface area contributed by atoms with Gasteiger partial charge in [0, 0.05) is 24.4 Å². The smallest absolute Gasteiger partial charge is 0.159 e. The van der Waals surface area contributed by atoms with Crippen LogP contribution in [-0.4, -0.2) is 29.2 Å². The van der Waals surface area contributed by atoms with Gasteiger partial charge in [-0.2, -0.15) is 5.26 Å². The molecule has 1 aliphatic rings. The number of piperidine rings is 1. The Balaban J connectivity index is 2.39. The third kappa shape index (κ3) is 1.92. The number of hydrogen-bond donors (Lipinski definition) is 1. The minimum atomic E-state index is -1.24. The second kappa shape index (κ2) is 4.72. The lowest BCUT2D eigenvalue weighted by atomic mass is 9.70. The maximum absolute atomic E-state index is 10.6. The molecule has 2 rings (SSSR count). The Morgan fingerprint density at radius 2 is 1.94 bits per heavy atom. The van der Waals surface area contributed by atoms with E-state index in [0.717, 1.165) is 12.1 Å². The normalized spacial score (nSPS) is 37.2. The van der Waals surface area contributed by atoms with E-state index < -0.39 is 5.60 Å². The van der Waals surface area contributed by atoms with Gasteiger partial charge in [-0.1, -0.05) is 44.2 Å². The van der Waals surface area contributed by atoms with E-state index in [1.54, 1.807) is 0 Å². The summed E-state index contributed by atoms with van der Waals surface area (Å²) in [5.41, 5.74) is -0.0828. The Morgan fingerprint density at radius 1 is 1.33 bits per heavy atom. The summed E-state index contributed by atoms with van der Waals surface area (Å²) in [6.45, 7) is 4.64. The van der Waals surface area contributed by atoms with Gasteiger partial charge in [0.1, 0.15) is 0 Å². The van der Waals surface area contributed by atoms with Gasteiger partial charge in [0.15, 0.2) is 5.60 Å². The van der Waals surface area contributed by atoms with Crippen molar-refractivity contribution in [3.8, 4) is 6.07 Å². The molecule has 18 heavy (non-hydrogen) atoms. The highest BCUT2D eigenvalue weighted by Crippen LogP contribution is 2.43. The lowest BCUT2D eigenvalue weighted by Gasteiger charge is -2.48. The van der Waals surface area contributed by atoms with E-state index in [4.69, 9.17) is 0 Å². The van der Waals surface area contributed by atoms with Gasteiger partial charge in [-0.15, -0.1) is 0 Å². The average Bonchev–Trinajstić information content (AvgIpc) is 2.37. The molecule has 1 aliphatic heterocycles. The SMILES string of the molecule is C[C@@H]1CN(C)[C@H](c2ccccc2)[C@@H](C)[C@@]1(O)C#N. The lowest BCUT2D eigenvalue weighted by Crippen LogP contribution is -2.55. The zero-order valence-electron chi connectivity index (χ0n) is 11.2. The molecule has 0 amide bonds. The number of likely N-dealkylation sites (tertiary alicyclic amines) is 1. The minimum absolute atomic E-state index is 0.0394. The molecule has 0 aliphatic carbocycles. The average molecular weight is 244 g/mol. The van der Waals surface area contributed by atoms with Crippen LogP contribution in [0.3, 0.4) is 0 Å². The topological polar surface area (TPSA) is 47.3 Å². The van der Waals surface area contributed by atoms with E-state index in [-0.39, 0.29) is 17.9 Å². The molecule has 4 atom stereocenters. The van der Waals surface area contributed by atoms with E-state index >= 15 is 0 Å². The largest absolute Gasteiger partial charge is 0.375 e. The summed E-state index contributed by atoms with van der Waals surface area (Å²) < 4.78 is 0. The number of rotatable bonds is 1. The molecule has 1 saturated heterocycles. The Labute approximate surface area is 109 Å². The summed E-state index contributed by atoms with van der Waals surface area (Å²) in [5, 5.41) is 19.9. The summed E-state index contributed by atoms with van der Waals surface area (Å²) >= 11 is 0. The highest BCUT2D eigenvalue weighted by molar-refractivity contribution is 5.24. The van der Waals surface area contributed by atoms with Crippen molar-refractivity contribution in [3.05, 3.63) is 35.9 Å². The van der Waals surface area contributed by atoms with Gasteiger partial charge in [-0.25, -0.2) is 0 Å². The Bertz CT molecular complexity index is 453. The first-order valence-corrected chi connectivity index (χ1v) is 6.39. The van der Waals surface area contributed by atoms with E-state index in [1.807, 2.05) is 32.0 Å². The number of nitrogens with zero attached hydrogens (tertiary/aromatic N) is 2. The Kier molecular flexibility index (Phi) is 3.43. The van der Waals surface area contributed by atoms with Crippen LogP contribution in [0.4, 0.5) is 0 Å². The second-order valence-electron chi connectivity index (χ2n) is 5.42. The van der Waals surface area contributed by atoms with Crippen LogP contribution in [0, 0.1) is 23.2 Å². The number of nitriles is 1. The predicted molar refractivity (Wildman–Crippen MR) is 70.7 cm³/mol. The number of hydrogen-bond acceptors (Lipinski definition) is 3. The molecular weight excluding hydrogens is 224 g/mol. The lowest BCUT2D eigenvalue weighted by molar-refractivity contribution is -0.0878. The first-order chi connectivity index (χ1) is 8.50. The molecule has 1 fully saturated rings. The first-order valence-electron chi connectivity index (χ1n) is 6.39. The minimum Gasteiger partial charge on any atom is -0.375 e. The summed E-state index contributed by atoms with van der Waals surface area (Å²) in [7, 11) is 2.06. The van der Waals surface area contributed by atoms with Gasteiger partial charge >= 0.3 is 0 Å². The zero-order valence-corrected chi connectivity index (χ0v) is 11.2. The van der Waals surface area contributed by atoms with Gasteiger partial charge in [0.05, 0.1) is 6.07 Å². The third-order valence-electron chi connectivity index (χ3n) is 4.28. The predicted octanol–water partition coefficient (Wildman–Crippen LogP) is 2.20. The molecule has 1 N–H and O–H groups in total. The van der Waals surface area contributed by atoms with Crippen LogP contribution in [0.5, 0.6) is 0 Å². The van der Waals surface area contributed by atoms with Crippen LogP contribution >= 0.6 is 0 Å². The van der Waals surface area contributed by atoms with Gasteiger partial charge in [0.2, 0.25) is 0 Å². The van der Waals surface area contributed by atoms with Crippen LogP contribution in [-0.2, 0) is 0 Å². The molecule has 0 bridgehead atoms. The molecule has 3 nitrogen and oxygen atoms in total.